The van der Waals surface area contributed by atoms with Gasteiger partial charge in [0.15, 0.2) is 5.78 Å². The first-order chi connectivity index (χ1) is 10.7. The Morgan fingerprint density at radius 2 is 1.64 bits per heavy atom. The van der Waals surface area contributed by atoms with Crippen molar-refractivity contribution in [1.29, 1.82) is 0 Å². The highest BCUT2D eigenvalue weighted by molar-refractivity contribution is 6.30. The van der Waals surface area contributed by atoms with Crippen LogP contribution in [0.5, 0.6) is 0 Å². The molecule has 3 aromatic carbocycles. The molecule has 22 heavy (non-hydrogen) atoms. The summed E-state index contributed by atoms with van der Waals surface area (Å²) in [6.07, 6.45) is 3.17. The predicted molar refractivity (Wildman–Crippen MR) is 92.5 cm³/mol. The van der Waals surface area contributed by atoms with Crippen molar-refractivity contribution in [3.8, 4) is 0 Å². The lowest BCUT2D eigenvalue weighted by Gasteiger charge is -2.02. The molecule has 3 aromatic rings. The third-order valence-corrected chi connectivity index (χ3v) is 3.61. The maximum atomic E-state index is 12.2. The lowest BCUT2D eigenvalue weighted by Crippen LogP contribution is -1.96. The summed E-state index contributed by atoms with van der Waals surface area (Å²) in [4.78, 5) is 12.2. The molecule has 0 amide bonds. The number of hydrogen-bond donors (Lipinski definition) is 1. The van der Waals surface area contributed by atoms with E-state index in [4.69, 9.17) is 11.6 Å². The van der Waals surface area contributed by atoms with Gasteiger partial charge in [-0.3, -0.25) is 4.79 Å². The summed E-state index contributed by atoms with van der Waals surface area (Å²) in [6.45, 7) is 0. The Balaban J connectivity index is 1.72. The quantitative estimate of drug-likeness (QED) is 0.523. The molecule has 0 fully saturated rings. The second-order valence-corrected chi connectivity index (χ2v) is 5.35. The number of fused-ring (bicyclic) bond motifs is 1. The zero-order valence-corrected chi connectivity index (χ0v) is 12.5. The molecular formula is C19H14ClNO. The van der Waals surface area contributed by atoms with Crippen molar-refractivity contribution >= 4 is 33.8 Å². The minimum absolute atomic E-state index is 0.0350. The zero-order chi connectivity index (χ0) is 15.4. The van der Waals surface area contributed by atoms with Crippen molar-refractivity contribution in [2.45, 2.75) is 0 Å². The van der Waals surface area contributed by atoms with Crippen LogP contribution in [0, 0.1) is 0 Å². The fourth-order valence-electron chi connectivity index (χ4n) is 2.20. The fourth-order valence-corrected chi connectivity index (χ4v) is 2.32. The summed E-state index contributed by atoms with van der Waals surface area (Å²) in [5, 5.41) is 5.92. The molecule has 0 heterocycles. The summed E-state index contributed by atoms with van der Waals surface area (Å²) < 4.78 is 0. The van der Waals surface area contributed by atoms with Gasteiger partial charge < -0.3 is 5.32 Å². The first kappa shape index (κ1) is 14.4. The van der Waals surface area contributed by atoms with Crippen LogP contribution < -0.4 is 5.32 Å². The Morgan fingerprint density at radius 1 is 0.909 bits per heavy atom. The first-order valence-corrected chi connectivity index (χ1v) is 7.32. The lowest BCUT2D eigenvalue weighted by atomic mass is 10.0. The van der Waals surface area contributed by atoms with Crippen LogP contribution in [0.25, 0.3) is 10.8 Å². The van der Waals surface area contributed by atoms with E-state index in [-0.39, 0.29) is 5.78 Å². The molecule has 3 rings (SSSR count). The van der Waals surface area contributed by atoms with Crippen LogP contribution in [0.3, 0.4) is 0 Å². The van der Waals surface area contributed by atoms with Crippen LogP contribution in [-0.2, 0) is 0 Å². The molecule has 0 atom stereocenters. The van der Waals surface area contributed by atoms with Crippen LogP contribution >= 0.6 is 11.6 Å². The van der Waals surface area contributed by atoms with E-state index in [9.17, 15) is 4.79 Å². The number of carbonyl (C=O) groups is 1. The van der Waals surface area contributed by atoms with Gasteiger partial charge in [0.05, 0.1) is 0 Å². The molecule has 108 valence electrons. The SMILES string of the molecule is O=C(/C=C\Nc1ccc(Cl)cc1)c1ccc2ccccc2c1. The van der Waals surface area contributed by atoms with E-state index in [1.54, 1.807) is 18.3 Å². The number of hydrogen-bond acceptors (Lipinski definition) is 2. The van der Waals surface area contributed by atoms with E-state index >= 15 is 0 Å². The molecule has 1 N–H and O–H groups in total. The van der Waals surface area contributed by atoms with Crippen molar-refractivity contribution < 1.29 is 4.79 Å². The largest absolute Gasteiger partial charge is 0.362 e. The summed E-state index contributed by atoms with van der Waals surface area (Å²) in [7, 11) is 0. The van der Waals surface area contributed by atoms with E-state index < -0.39 is 0 Å². The molecular weight excluding hydrogens is 294 g/mol. The molecule has 0 spiro atoms. The number of nitrogens with one attached hydrogen (secondary N) is 1. The smallest absolute Gasteiger partial charge is 0.187 e. The second-order valence-electron chi connectivity index (χ2n) is 4.91. The Hall–Kier alpha value is -2.58. The Bertz CT molecular complexity index is 837. The first-order valence-electron chi connectivity index (χ1n) is 6.94. The van der Waals surface area contributed by atoms with Gasteiger partial charge in [-0.2, -0.15) is 0 Å². The molecule has 0 bridgehead atoms. The average molecular weight is 308 g/mol. The number of halogens is 1. The predicted octanol–water partition coefficient (Wildman–Crippen LogP) is 5.30. The average Bonchev–Trinajstić information content (AvgIpc) is 2.56. The van der Waals surface area contributed by atoms with Gasteiger partial charge in [0.1, 0.15) is 0 Å². The number of rotatable bonds is 4. The minimum Gasteiger partial charge on any atom is -0.362 e. The van der Waals surface area contributed by atoms with E-state index in [2.05, 4.69) is 5.32 Å². The van der Waals surface area contributed by atoms with Crippen molar-refractivity contribution in [2.75, 3.05) is 5.32 Å². The fraction of sp³-hybridized carbons (Fsp3) is 0. The Kier molecular flexibility index (Phi) is 4.22. The highest BCUT2D eigenvalue weighted by atomic mass is 35.5. The van der Waals surface area contributed by atoms with Gasteiger partial charge in [0.25, 0.3) is 0 Å². The van der Waals surface area contributed by atoms with Gasteiger partial charge in [-0.15, -0.1) is 0 Å². The van der Waals surface area contributed by atoms with Gasteiger partial charge >= 0.3 is 0 Å². The number of carbonyl (C=O) groups excluding carboxylic acids is 1. The minimum atomic E-state index is -0.0350. The molecule has 3 heteroatoms. The highest BCUT2D eigenvalue weighted by Crippen LogP contribution is 2.16. The summed E-state index contributed by atoms with van der Waals surface area (Å²) in [5.41, 5.74) is 1.56. The number of allylic oxidation sites excluding steroid dienone is 1. The molecule has 0 aliphatic carbocycles. The van der Waals surface area contributed by atoms with Gasteiger partial charge in [-0.1, -0.05) is 48.0 Å². The molecule has 0 saturated carbocycles. The van der Waals surface area contributed by atoms with Crippen molar-refractivity contribution in [3.63, 3.8) is 0 Å². The van der Waals surface area contributed by atoms with E-state index in [0.717, 1.165) is 16.5 Å². The van der Waals surface area contributed by atoms with E-state index in [1.165, 1.54) is 6.08 Å². The Labute approximate surface area is 134 Å². The molecule has 0 aliphatic rings. The summed E-state index contributed by atoms with van der Waals surface area (Å²) >= 11 is 5.82. The third-order valence-electron chi connectivity index (χ3n) is 3.36. The molecule has 0 aliphatic heterocycles. The number of ketones is 1. The van der Waals surface area contributed by atoms with Gasteiger partial charge in [0.2, 0.25) is 0 Å². The number of anilines is 1. The van der Waals surface area contributed by atoms with Crippen molar-refractivity contribution in [1.82, 2.24) is 0 Å². The second kappa shape index (κ2) is 6.46. The highest BCUT2D eigenvalue weighted by Gasteiger charge is 2.02. The van der Waals surface area contributed by atoms with Crippen LogP contribution in [0.15, 0.2) is 79.0 Å². The van der Waals surface area contributed by atoms with Gasteiger partial charge in [0, 0.05) is 28.5 Å². The third kappa shape index (κ3) is 3.35. The maximum Gasteiger partial charge on any atom is 0.187 e. The van der Waals surface area contributed by atoms with Crippen LogP contribution in [0.1, 0.15) is 10.4 Å². The number of benzene rings is 3. The molecule has 0 radical (unpaired) electrons. The van der Waals surface area contributed by atoms with E-state index in [1.807, 2.05) is 54.6 Å². The van der Waals surface area contributed by atoms with E-state index in [0.29, 0.717) is 10.6 Å². The van der Waals surface area contributed by atoms with Crippen LogP contribution in [0.4, 0.5) is 5.69 Å². The monoisotopic (exact) mass is 307 g/mol. The molecule has 0 aromatic heterocycles. The maximum absolute atomic E-state index is 12.2. The zero-order valence-electron chi connectivity index (χ0n) is 11.8. The van der Waals surface area contributed by atoms with Crippen LogP contribution in [-0.4, -0.2) is 5.78 Å². The van der Waals surface area contributed by atoms with Crippen molar-refractivity contribution in [2.24, 2.45) is 0 Å². The normalized spacial score (nSPS) is 11.0. The topological polar surface area (TPSA) is 29.1 Å². The van der Waals surface area contributed by atoms with Crippen molar-refractivity contribution in [3.05, 3.63) is 89.6 Å². The Morgan fingerprint density at radius 3 is 2.41 bits per heavy atom. The molecule has 0 unspecified atom stereocenters. The lowest BCUT2D eigenvalue weighted by molar-refractivity contribution is 0.104. The van der Waals surface area contributed by atoms with Gasteiger partial charge in [-0.25, -0.2) is 0 Å². The summed E-state index contributed by atoms with van der Waals surface area (Å²) in [5.74, 6) is -0.0350. The van der Waals surface area contributed by atoms with Gasteiger partial charge in [-0.05, 0) is 41.1 Å². The van der Waals surface area contributed by atoms with Crippen LogP contribution in [0.2, 0.25) is 5.02 Å². The standard InChI is InChI=1S/C19H14ClNO/c20-17-7-9-18(10-8-17)21-12-11-19(22)16-6-5-14-3-1-2-4-15(14)13-16/h1-13,21H/b12-11-. The summed E-state index contributed by atoms with van der Waals surface area (Å²) in [6, 6.07) is 21.0. The molecule has 2 nitrogen and oxygen atoms in total. The molecule has 0 saturated heterocycles.